The average molecular weight is 529 g/mol. The molecule has 0 saturated carbocycles. The van der Waals surface area contributed by atoms with Crippen LogP contribution >= 0.6 is 34.9 Å². The van der Waals surface area contributed by atoms with Gasteiger partial charge in [-0.3, -0.25) is 9.59 Å². The minimum atomic E-state index is -0.0103. The molecule has 0 aliphatic rings. The summed E-state index contributed by atoms with van der Waals surface area (Å²) in [7, 11) is 0. The molecule has 0 unspecified atom stereocenters. The van der Waals surface area contributed by atoms with Gasteiger partial charge in [-0.2, -0.15) is 0 Å². The standard InChI is InChI=1S/C26H32N4O2S3/c1-19(13-15-21-9-5-3-6-10-21)27-23(31)17-33-25-29-30-26(35-25)34-18-24(32)28-20(2)14-16-22-11-7-4-8-12-22/h3-12,19-20H,13-18H2,1-2H3,(H,27,31)(H,28,32)/t19-,20-/m0/s1. The fourth-order valence-electron chi connectivity index (χ4n) is 3.40. The molecule has 0 bridgehead atoms. The summed E-state index contributed by atoms with van der Waals surface area (Å²) < 4.78 is 1.47. The first-order valence-corrected chi connectivity index (χ1v) is 14.5. The van der Waals surface area contributed by atoms with Gasteiger partial charge in [-0.05, 0) is 50.7 Å². The molecule has 6 nitrogen and oxygen atoms in total. The summed E-state index contributed by atoms with van der Waals surface area (Å²) in [5.74, 6) is 0.579. The van der Waals surface area contributed by atoms with Crippen LogP contribution in [0.2, 0.25) is 0 Å². The summed E-state index contributed by atoms with van der Waals surface area (Å²) in [4.78, 5) is 24.5. The van der Waals surface area contributed by atoms with Gasteiger partial charge in [0.1, 0.15) is 0 Å². The maximum absolute atomic E-state index is 12.3. The Balaban J connectivity index is 1.29. The highest BCUT2D eigenvalue weighted by Gasteiger charge is 2.13. The number of nitrogens with zero attached hydrogens (tertiary/aromatic N) is 2. The van der Waals surface area contributed by atoms with E-state index >= 15 is 0 Å². The lowest BCUT2D eigenvalue weighted by Gasteiger charge is -2.13. The number of hydrogen-bond donors (Lipinski definition) is 2. The van der Waals surface area contributed by atoms with Crippen molar-refractivity contribution in [2.75, 3.05) is 11.5 Å². The van der Waals surface area contributed by atoms with Crippen LogP contribution in [-0.2, 0) is 22.4 Å². The largest absolute Gasteiger partial charge is 0.353 e. The van der Waals surface area contributed by atoms with E-state index in [1.807, 2.05) is 50.2 Å². The van der Waals surface area contributed by atoms with E-state index in [1.165, 1.54) is 46.0 Å². The van der Waals surface area contributed by atoms with Gasteiger partial charge in [0.2, 0.25) is 11.8 Å². The molecule has 35 heavy (non-hydrogen) atoms. The van der Waals surface area contributed by atoms with Crippen LogP contribution in [0.3, 0.4) is 0 Å². The molecule has 1 heterocycles. The summed E-state index contributed by atoms with van der Waals surface area (Å²) in [6.45, 7) is 4.05. The number of carbonyl (C=O) groups excluding carboxylic acids is 2. The highest BCUT2D eigenvalue weighted by atomic mass is 32.2. The molecule has 3 aromatic rings. The van der Waals surface area contributed by atoms with Crippen LogP contribution in [0.5, 0.6) is 0 Å². The van der Waals surface area contributed by atoms with E-state index < -0.39 is 0 Å². The van der Waals surface area contributed by atoms with Crippen molar-refractivity contribution >= 4 is 46.7 Å². The number of hydrogen-bond acceptors (Lipinski definition) is 7. The van der Waals surface area contributed by atoms with Crippen LogP contribution in [0.25, 0.3) is 0 Å². The third-order valence-electron chi connectivity index (χ3n) is 5.27. The number of nitrogens with one attached hydrogen (secondary N) is 2. The normalized spacial score (nSPS) is 12.6. The number of thioether (sulfide) groups is 2. The SMILES string of the molecule is C[C@@H](CCc1ccccc1)NC(=O)CSc1nnc(SCC(=O)N[C@@H](C)CCc2ccccc2)s1. The van der Waals surface area contributed by atoms with E-state index in [0.717, 1.165) is 34.4 Å². The molecule has 0 saturated heterocycles. The first-order chi connectivity index (χ1) is 17.0. The Morgan fingerprint density at radius 1 is 0.743 bits per heavy atom. The average Bonchev–Trinajstić information content (AvgIpc) is 3.33. The molecule has 0 aliphatic heterocycles. The van der Waals surface area contributed by atoms with E-state index in [0.29, 0.717) is 11.5 Å². The Morgan fingerprint density at radius 2 is 1.14 bits per heavy atom. The number of aryl methyl sites for hydroxylation is 2. The predicted molar refractivity (Wildman–Crippen MR) is 146 cm³/mol. The zero-order valence-corrected chi connectivity index (χ0v) is 22.6. The third kappa shape index (κ3) is 10.8. The van der Waals surface area contributed by atoms with Gasteiger partial charge in [0.25, 0.3) is 0 Å². The highest BCUT2D eigenvalue weighted by Crippen LogP contribution is 2.28. The zero-order valence-electron chi connectivity index (χ0n) is 20.1. The van der Waals surface area contributed by atoms with Crippen molar-refractivity contribution in [3.8, 4) is 0 Å². The molecule has 3 rings (SSSR count). The molecule has 1 aromatic heterocycles. The summed E-state index contributed by atoms with van der Waals surface area (Å²) in [6, 6.07) is 20.8. The fraction of sp³-hybridized carbons (Fsp3) is 0.385. The lowest BCUT2D eigenvalue weighted by molar-refractivity contribution is -0.120. The number of amides is 2. The van der Waals surface area contributed by atoms with Crippen LogP contribution in [0.1, 0.15) is 37.8 Å². The summed E-state index contributed by atoms with van der Waals surface area (Å²) in [6.07, 6.45) is 3.66. The Labute approximate surface area is 220 Å². The lowest BCUT2D eigenvalue weighted by atomic mass is 10.1. The lowest BCUT2D eigenvalue weighted by Crippen LogP contribution is -2.34. The molecule has 186 valence electrons. The molecular weight excluding hydrogens is 497 g/mol. The van der Waals surface area contributed by atoms with Gasteiger partial charge in [0, 0.05) is 12.1 Å². The van der Waals surface area contributed by atoms with Gasteiger partial charge >= 0.3 is 0 Å². The molecule has 2 atom stereocenters. The Morgan fingerprint density at radius 3 is 1.54 bits per heavy atom. The minimum Gasteiger partial charge on any atom is -0.353 e. The van der Waals surface area contributed by atoms with Gasteiger partial charge in [-0.1, -0.05) is 95.5 Å². The zero-order chi connectivity index (χ0) is 24.9. The highest BCUT2D eigenvalue weighted by molar-refractivity contribution is 8.03. The molecule has 0 radical (unpaired) electrons. The molecule has 0 aliphatic carbocycles. The van der Waals surface area contributed by atoms with Gasteiger partial charge in [-0.25, -0.2) is 0 Å². The van der Waals surface area contributed by atoms with Crippen molar-refractivity contribution < 1.29 is 9.59 Å². The summed E-state index contributed by atoms with van der Waals surface area (Å²) in [5.41, 5.74) is 2.55. The van der Waals surface area contributed by atoms with Crippen molar-refractivity contribution in [3.05, 3.63) is 71.8 Å². The van der Waals surface area contributed by atoms with E-state index in [2.05, 4.69) is 45.1 Å². The van der Waals surface area contributed by atoms with E-state index in [4.69, 9.17) is 0 Å². The van der Waals surface area contributed by atoms with Crippen LogP contribution in [0.4, 0.5) is 0 Å². The first kappa shape index (κ1) is 27.2. The Kier molecular flexibility index (Phi) is 11.6. The second-order valence-electron chi connectivity index (χ2n) is 8.40. The van der Waals surface area contributed by atoms with Gasteiger partial charge in [0.05, 0.1) is 11.5 Å². The molecule has 2 aromatic carbocycles. The second kappa shape index (κ2) is 14.9. The Bertz CT molecular complexity index is 965. The Hall–Kier alpha value is -2.36. The van der Waals surface area contributed by atoms with Crippen LogP contribution < -0.4 is 10.6 Å². The van der Waals surface area contributed by atoms with Crippen molar-refractivity contribution in [2.45, 2.75) is 60.3 Å². The van der Waals surface area contributed by atoms with Crippen molar-refractivity contribution in [1.82, 2.24) is 20.8 Å². The molecule has 2 N–H and O–H groups in total. The molecule has 9 heteroatoms. The van der Waals surface area contributed by atoms with E-state index in [1.54, 1.807) is 0 Å². The number of carbonyl (C=O) groups is 2. The number of aromatic nitrogens is 2. The maximum atomic E-state index is 12.3. The first-order valence-electron chi connectivity index (χ1n) is 11.7. The van der Waals surface area contributed by atoms with Crippen LogP contribution in [0.15, 0.2) is 69.3 Å². The number of rotatable bonds is 14. The van der Waals surface area contributed by atoms with Gasteiger partial charge in [-0.15, -0.1) is 10.2 Å². The summed E-state index contributed by atoms with van der Waals surface area (Å²) >= 11 is 4.16. The maximum Gasteiger partial charge on any atom is 0.230 e. The van der Waals surface area contributed by atoms with Gasteiger partial charge in [0.15, 0.2) is 8.68 Å². The second-order valence-corrected chi connectivity index (χ2v) is 11.8. The van der Waals surface area contributed by atoms with E-state index in [9.17, 15) is 9.59 Å². The van der Waals surface area contributed by atoms with Crippen molar-refractivity contribution in [2.24, 2.45) is 0 Å². The summed E-state index contributed by atoms with van der Waals surface area (Å²) in [5, 5.41) is 14.4. The monoisotopic (exact) mass is 528 g/mol. The van der Waals surface area contributed by atoms with Crippen LogP contribution in [0, 0.1) is 0 Å². The van der Waals surface area contributed by atoms with Crippen LogP contribution in [-0.4, -0.2) is 45.6 Å². The quantitative estimate of drug-likeness (QED) is 0.287. The van der Waals surface area contributed by atoms with Gasteiger partial charge < -0.3 is 10.6 Å². The van der Waals surface area contributed by atoms with Crippen molar-refractivity contribution in [3.63, 3.8) is 0 Å². The topological polar surface area (TPSA) is 84.0 Å². The van der Waals surface area contributed by atoms with Crippen molar-refractivity contribution in [1.29, 1.82) is 0 Å². The molecule has 0 fully saturated rings. The predicted octanol–water partition coefficient (Wildman–Crippen LogP) is 5.00. The minimum absolute atomic E-state index is 0.0103. The smallest absolute Gasteiger partial charge is 0.230 e. The van der Waals surface area contributed by atoms with E-state index in [-0.39, 0.29) is 23.9 Å². The number of benzene rings is 2. The fourth-order valence-corrected chi connectivity index (χ4v) is 6.04. The third-order valence-corrected chi connectivity index (χ3v) is 8.46. The molecule has 2 amide bonds. The molecule has 0 spiro atoms. The molecular formula is C26H32N4O2S3.